The van der Waals surface area contributed by atoms with Gasteiger partial charge >= 0.3 is 11.9 Å². The van der Waals surface area contributed by atoms with Crippen LogP contribution in [0.4, 0.5) is 0 Å². The summed E-state index contributed by atoms with van der Waals surface area (Å²) >= 11 is 0. The summed E-state index contributed by atoms with van der Waals surface area (Å²) in [6.07, 6.45) is 2.13. The summed E-state index contributed by atoms with van der Waals surface area (Å²) in [6.45, 7) is 5.98. The zero-order chi connectivity index (χ0) is 13.7. The van der Waals surface area contributed by atoms with Gasteiger partial charge in [-0.25, -0.2) is 0 Å². The number of rotatable bonds is 4. The first-order valence-corrected chi connectivity index (χ1v) is 5.27. The van der Waals surface area contributed by atoms with Crippen LogP contribution in [0.2, 0.25) is 0 Å². The molecular formula is C13H14O5. The number of carbonyl (C=O) groups is 2. The van der Waals surface area contributed by atoms with Gasteiger partial charge in [-0.3, -0.25) is 9.59 Å². The predicted octanol–water partition coefficient (Wildman–Crippen LogP) is 1.97. The summed E-state index contributed by atoms with van der Waals surface area (Å²) < 4.78 is 9.72. The number of hydrogen-bond donors (Lipinski definition) is 1. The first kappa shape index (κ1) is 13.8. The molecule has 0 aliphatic carbocycles. The van der Waals surface area contributed by atoms with Crippen LogP contribution < -0.4 is 9.47 Å². The normalized spacial score (nSPS) is 9.67. The van der Waals surface area contributed by atoms with Crippen molar-refractivity contribution in [2.45, 2.75) is 20.3 Å². The minimum Gasteiger partial charge on any atom is -0.504 e. The van der Waals surface area contributed by atoms with Gasteiger partial charge in [0.2, 0.25) is 5.75 Å². The quantitative estimate of drug-likeness (QED) is 0.502. The zero-order valence-corrected chi connectivity index (χ0v) is 10.2. The third-order valence-electron chi connectivity index (χ3n) is 1.97. The molecular weight excluding hydrogens is 236 g/mol. The molecule has 0 saturated carbocycles. The van der Waals surface area contributed by atoms with Crippen molar-refractivity contribution < 1.29 is 24.2 Å². The number of ether oxygens (including phenoxy) is 2. The molecule has 5 heteroatoms. The predicted molar refractivity (Wildman–Crippen MR) is 64.6 cm³/mol. The fourth-order valence-corrected chi connectivity index (χ4v) is 1.40. The summed E-state index contributed by atoms with van der Waals surface area (Å²) in [5.74, 6) is -1.60. The highest BCUT2D eigenvalue weighted by Gasteiger charge is 2.16. The highest BCUT2D eigenvalue weighted by Crippen LogP contribution is 2.38. The number of carbonyl (C=O) groups excluding carboxylic acids is 2. The number of esters is 2. The van der Waals surface area contributed by atoms with Crippen LogP contribution in [0.25, 0.3) is 0 Å². The summed E-state index contributed by atoms with van der Waals surface area (Å²) in [5.41, 5.74) is 0.689. The second kappa shape index (κ2) is 5.86. The zero-order valence-electron chi connectivity index (χ0n) is 10.2. The molecule has 0 radical (unpaired) electrons. The van der Waals surface area contributed by atoms with E-state index in [2.05, 4.69) is 6.58 Å². The lowest BCUT2D eigenvalue weighted by Crippen LogP contribution is -2.07. The van der Waals surface area contributed by atoms with Crippen LogP contribution in [-0.4, -0.2) is 17.0 Å². The largest absolute Gasteiger partial charge is 0.504 e. The van der Waals surface area contributed by atoms with Crippen molar-refractivity contribution in [3.05, 3.63) is 30.4 Å². The molecule has 1 rings (SSSR count). The maximum atomic E-state index is 11.0. The van der Waals surface area contributed by atoms with Crippen molar-refractivity contribution in [1.29, 1.82) is 0 Å². The average Bonchev–Trinajstić information content (AvgIpc) is 2.22. The van der Waals surface area contributed by atoms with Crippen molar-refractivity contribution in [3.8, 4) is 17.2 Å². The van der Waals surface area contributed by atoms with E-state index in [9.17, 15) is 14.7 Å². The molecule has 0 saturated heterocycles. The maximum Gasteiger partial charge on any atom is 0.308 e. The Morgan fingerprint density at radius 3 is 2.39 bits per heavy atom. The second-order valence-electron chi connectivity index (χ2n) is 3.62. The third-order valence-corrected chi connectivity index (χ3v) is 1.97. The van der Waals surface area contributed by atoms with Gasteiger partial charge in [-0.1, -0.05) is 6.08 Å². The Labute approximate surface area is 105 Å². The van der Waals surface area contributed by atoms with E-state index in [0.29, 0.717) is 12.0 Å². The van der Waals surface area contributed by atoms with Gasteiger partial charge in [-0.15, -0.1) is 6.58 Å². The van der Waals surface area contributed by atoms with Gasteiger partial charge in [0.15, 0.2) is 11.5 Å². The monoisotopic (exact) mass is 250 g/mol. The van der Waals surface area contributed by atoms with Gasteiger partial charge in [0.05, 0.1) is 0 Å². The number of allylic oxidation sites excluding steroid dienone is 1. The molecule has 0 aliphatic heterocycles. The van der Waals surface area contributed by atoms with Crippen molar-refractivity contribution in [3.63, 3.8) is 0 Å². The van der Waals surface area contributed by atoms with Gasteiger partial charge in [0.25, 0.3) is 0 Å². The van der Waals surface area contributed by atoms with Gasteiger partial charge in [0.1, 0.15) is 0 Å². The molecule has 0 aliphatic rings. The number of phenols is 1. The number of aromatic hydroxyl groups is 1. The molecule has 0 aromatic heterocycles. The fourth-order valence-electron chi connectivity index (χ4n) is 1.40. The van der Waals surface area contributed by atoms with Gasteiger partial charge in [-0.05, 0) is 24.1 Å². The standard InChI is InChI=1S/C13H14O5/c1-4-5-10-6-11(16)13(18-9(3)15)12(7-10)17-8(2)14/h4,6-7,16H,1,5H2,2-3H3. The molecule has 1 aromatic rings. The molecule has 0 spiro atoms. The lowest BCUT2D eigenvalue weighted by atomic mass is 10.1. The number of benzene rings is 1. The third kappa shape index (κ3) is 3.62. The van der Waals surface area contributed by atoms with Crippen LogP contribution in [0.15, 0.2) is 24.8 Å². The fraction of sp³-hybridized carbons (Fsp3) is 0.231. The molecule has 1 N–H and O–H groups in total. The minimum atomic E-state index is -0.616. The number of hydrogen-bond acceptors (Lipinski definition) is 5. The molecule has 0 amide bonds. The van der Waals surface area contributed by atoms with Gasteiger partial charge in [-0.2, -0.15) is 0 Å². The minimum absolute atomic E-state index is 0.00884. The van der Waals surface area contributed by atoms with E-state index >= 15 is 0 Å². The Morgan fingerprint density at radius 2 is 1.89 bits per heavy atom. The van der Waals surface area contributed by atoms with Gasteiger partial charge in [0, 0.05) is 13.8 Å². The van der Waals surface area contributed by atoms with E-state index < -0.39 is 11.9 Å². The van der Waals surface area contributed by atoms with Crippen molar-refractivity contribution in [1.82, 2.24) is 0 Å². The first-order chi connectivity index (χ1) is 8.43. The van der Waals surface area contributed by atoms with Crippen LogP contribution in [0.3, 0.4) is 0 Å². The molecule has 0 unspecified atom stereocenters. The maximum absolute atomic E-state index is 11.0. The lowest BCUT2D eigenvalue weighted by molar-refractivity contribution is -0.134. The van der Waals surface area contributed by atoms with Crippen LogP contribution >= 0.6 is 0 Å². The first-order valence-electron chi connectivity index (χ1n) is 5.27. The van der Waals surface area contributed by atoms with Gasteiger partial charge < -0.3 is 14.6 Å². The lowest BCUT2D eigenvalue weighted by Gasteiger charge is -2.11. The summed E-state index contributed by atoms with van der Waals surface area (Å²) in [5, 5.41) is 9.76. The summed E-state index contributed by atoms with van der Waals surface area (Å²) in [6, 6.07) is 2.94. The van der Waals surface area contributed by atoms with Crippen LogP contribution in [0, 0.1) is 0 Å². The van der Waals surface area contributed by atoms with E-state index in [1.165, 1.54) is 26.0 Å². The van der Waals surface area contributed by atoms with Crippen molar-refractivity contribution in [2.75, 3.05) is 0 Å². The van der Waals surface area contributed by atoms with E-state index in [1.807, 2.05) is 0 Å². The topological polar surface area (TPSA) is 72.8 Å². The molecule has 0 heterocycles. The second-order valence-corrected chi connectivity index (χ2v) is 3.62. The molecule has 0 fully saturated rings. The van der Waals surface area contributed by atoms with E-state index in [-0.39, 0.29) is 17.2 Å². The van der Waals surface area contributed by atoms with Crippen LogP contribution in [0.5, 0.6) is 17.2 Å². The Bertz CT molecular complexity index is 490. The highest BCUT2D eigenvalue weighted by molar-refractivity contribution is 5.75. The van der Waals surface area contributed by atoms with Crippen molar-refractivity contribution >= 4 is 11.9 Å². The SMILES string of the molecule is C=CCc1cc(O)c(OC(C)=O)c(OC(C)=O)c1. The number of phenolic OH excluding ortho intramolecular Hbond substituents is 1. The summed E-state index contributed by atoms with van der Waals surface area (Å²) in [4.78, 5) is 21.9. The molecule has 0 atom stereocenters. The van der Waals surface area contributed by atoms with E-state index in [0.717, 1.165) is 0 Å². The van der Waals surface area contributed by atoms with E-state index in [1.54, 1.807) is 6.08 Å². The van der Waals surface area contributed by atoms with Crippen molar-refractivity contribution in [2.24, 2.45) is 0 Å². The highest BCUT2D eigenvalue weighted by atomic mass is 16.6. The van der Waals surface area contributed by atoms with E-state index in [4.69, 9.17) is 9.47 Å². The molecule has 5 nitrogen and oxygen atoms in total. The Kier molecular flexibility index (Phi) is 4.48. The molecule has 1 aromatic carbocycles. The summed E-state index contributed by atoms with van der Waals surface area (Å²) in [7, 11) is 0. The van der Waals surface area contributed by atoms with Crippen LogP contribution in [-0.2, 0) is 16.0 Å². The Hall–Kier alpha value is -2.30. The Morgan fingerprint density at radius 1 is 1.28 bits per heavy atom. The average molecular weight is 250 g/mol. The Balaban J connectivity index is 3.24. The van der Waals surface area contributed by atoms with Crippen LogP contribution in [0.1, 0.15) is 19.4 Å². The molecule has 18 heavy (non-hydrogen) atoms. The molecule has 0 bridgehead atoms. The molecule has 96 valence electrons. The smallest absolute Gasteiger partial charge is 0.308 e.